The SMILES string of the molecule is CN=C(NCCCCCOC)N1CCN(c2ccc(F)cc2)CC1. The van der Waals surface area contributed by atoms with Crippen molar-refractivity contribution in [1.82, 2.24) is 10.2 Å². The summed E-state index contributed by atoms with van der Waals surface area (Å²) in [4.78, 5) is 8.97. The molecule has 1 saturated heterocycles. The van der Waals surface area contributed by atoms with Gasteiger partial charge in [-0.3, -0.25) is 4.99 Å². The van der Waals surface area contributed by atoms with Crippen LogP contribution in [0.15, 0.2) is 29.3 Å². The number of aliphatic imine (C=N–C) groups is 1. The summed E-state index contributed by atoms with van der Waals surface area (Å²) in [6.45, 7) is 5.44. The van der Waals surface area contributed by atoms with Crippen molar-refractivity contribution in [2.24, 2.45) is 4.99 Å². The number of nitrogens with zero attached hydrogens (tertiary/aromatic N) is 3. The van der Waals surface area contributed by atoms with Gasteiger partial charge in [-0.15, -0.1) is 0 Å². The number of unbranched alkanes of at least 4 members (excludes halogenated alkanes) is 2. The highest BCUT2D eigenvalue weighted by molar-refractivity contribution is 5.80. The Labute approximate surface area is 144 Å². The molecule has 0 spiro atoms. The number of anilines is 1. The molecule has 1 aromatic rings. The van der Waals surface area contributed by atoms with Gasteiger partial charge < -0.3 is 19.9 Å². The second-order valence-electron chi connectivity index (χ2n) is 5.98. The Morgan fingerprint density at radius 2 is 1.83 bits per heavy atom. The molecule has 1 aliphatic heterocycles. The molecule has 24 heavy (non-hydrogen) atoms. The lowest BCUT2D eigenvalue weighted by atomic mass is 10.2. The van der Waals surface area contributed by atoms with E-state index in [9.17, 15) is 4.39 Å². The molecule has 6 heteroatoms. The Morgan fingerprint density at radius 3 is 2.46 bits per heavy atom. The summed E-state index contributed by atoms with van der Waals surface area (Å²) in [6, 6.07) is 6.73. The third kappa shape index (κ3) is 5.67. The van der Waals surface area contributed by atoms with E-state index in [-0.39, 0.29) is 5.82 Å². The minimum absolute atomic E-state index is 0.188. The van der Waals surface area contributed by atoms with Gasteiger partial charge in [-0.1, -0.05) is 0 Å². The smallest absolute Gasteiger partial charge is 0.193 e. The van der Waals surface area contributed by atoms with Gasteiger partial charge >= 0.3 is 0 Å². The van der Waals surface area contributed by atoms with Crippen LogP contribution in [0.1, 0.15) is 19.3 Å². The second kappa shape index (κ2) is 10.1. The van der Waals surface area contributed by atoms with Crippen molar-refractivity contribution in [3.05, 3.63) is 30.1 Å². The summed E-state index contributed by atoms with van der Waals surface area (Å²) in [5.41, 5.74) is 1.08. The lowest BCUT2D eigenvalue weighted by Gasteiger charge is -2.37. The number of hydrogen-bond donors (Lipinski definition) is 1. The molecule has 0 aromatic heterocycles. The molecule has 1 N–H and O–H groups in total. The number of nitrogens with one attached hydrogen (secondary N) is 1. The van der Waals surface area contributed by atoms with E-state index in [4.69, 9.17) is 4.74 Å². The molecule has 1 aliphatic rings. The van der Waals surface area contributed by atoms with Crippen molar-refractivity contribution in [2.45, 2.75) is 19.3 Å². The minimum Gasteiger partial charge on any atom is -0.385 e. The number of rotatable bonds is 7. The van der Waals surface area contributed by atoms with Gasteiger partial charge in [0.25, 0.3) is 0 Å². The van der Waals surface area contributed by atoms with Crippen molar-refractivity contribution in [2.75, 3.05) is 58.4 Å². The molecule has 0 atom stereocenters. The lowest BCUT2D eigenvalue weighted by Crippen LogP contribution is -2.52. The standard InChI is InChI=1S/C18H29FN4O/c1-20-18(21-10-4-3-5-15-24-2)23-13-11-22(12-14-23)17-8-6-16(19)7-9-17/h6-9H,3-5,10-15H2,1-2H3,(H,20,21). The van der Waals surface area contributed by atoms with Crippen LogP contribution in [0, 0.1) is 5.82 Å². The molecule has 0 radical (unpaired) electrons. The molecule has 0 amide bonds. The maximum absolute atomic E-state index is 13.0. The van der Waals surface area contributed by atoms with E-state index >= 15 is 0 Å². The van der Waals surface area contributed by atoms with Gasteiger partial charge in [0.05, 0.1) is 0 Å². The fourth-order valence-corrected chi connectivity index (χ4v) is 2.91. The van der Waals surface area contributed by atoms with Crippen LogP contribution in [-0.4, -0.2) is 64.3 Å². The van der Waals surface area contributed by atoms with Crippen molar-refractivity contribution in [3.8, 4) is 0 Å². The molecule has 0 aliphatic carbocycles. The first-order valence-electron chi connectivity index (χ1n) is 8.69. The highest BCUT2D eigenvalue weighted by Crippen LogP contribution is 2.16. The third-order valence-electron chi connectivity index (χ3n) is 4.29. The number of methoxy groups -OCH3 is 1. The van der Waals surface area contributed by atoms with E-state index in [1.807, 2.05) is 19.2 Å². The van der Waals surface area contributed by atoms with Crippen molar-refractivity contribution >= 4 is 11.6 Å². The highest BCUT2D eigenvalue weighted by Gasteiger charge is 2.19. The monoisotopic (exact) mass is 336 g/mol. The molecule has 5 nitrogen and oxygen atoms in total. The predicted octanol–water partition coefficient (Wildman–Crippen LogP) is 2.34. The van der Waals surface area contributed by atoms with Crippen LogP contribution in [0.3, 0.4) is 0 Å². The molecule has 1 heterocycles. The van der Waals surface area contributed by atoms with Crippen LogP contribution < -0.4 is 10.2 Å². The lowest BCUT2D eigenvalue weighted by molar-refractivity contribution is 0.192. The van der Waals surface area contributed by atoms with Crippen LogP contribution >= 0.6 is 0 Å². The zero-order valence-electron chi connectivity index (χ0n) is 14.8. The number of guanidine groups is 1. The molecule has 0 bridgehead atoms. The fraction of sp³-hybridized carbons (Fsp3) is 0.611. The van der Waals surface area contributed by atoms with Gasteiger partial charge in [0.1, 0.15) is 5.82 Å². The van der Waals surface area contributed by atoms with Crippen LogP contribution in [-0.2, 0) is 4.74 Å². The van der Waals surface area contributed by atoms with Crippen LogP contribution in [0.2, 0.25) is 0 Å². The first-order valence-corrected chi connectivity index (χ1v) is 8.69. The fourth-order valence-electron chi connectivity index (χ4n) is 2.91. The number of ether oxygens (including phenoxy) is 1. The zero-order valence-corrected chi connectivity index (χ0v) is 14.8. The van der Waals surface area contributed by atoms with Gasteiger partial charge in [0, 0.05) is 59.2 Å². The molecule has 2 rings (SSSR count). The third-order valence-corrected chi connectivity index (χ3v) is 4.29. The van der Waals surface area contributed by atoms with E-state index in [1.165, 1.54) is 12.1 Å². The molecule has 1 fully saturated rings. The van der Waals surface area contributed by atoms with Gasteiger partial charge in [0.15, 0.2) is 5.96 Å². The molecular formula is C18H29FN4O. The quantitative estimate of drug-likeness (QED) is 0.471. The zero-order chi connectivity index (χ0) is 17.2. The highest BCUT2D eigenvalue weighted by atomic mass is 19.1. The molecule has 1 aromatic carbocycles. The summed E-state index contributed by atoms with van der Waals surface area (Å²) in [7, 11) is 3.57. The number of hydrogen-bond acceptors (Lipinski definition) is 3. The first-order chi connectivity index (χ1) is 11.7. The maximum Gasteiger partial charge on any atom is 0.193 e. The Kier molecular flexibility index (Phi) is 7.82. The molecule has 0 saturated carbocycles. The molecule has 134 valence electrons. The normalized spacial score (nSPS) is 15.7. The molecule has 0 unspecified atom stereocenters. The topological polar surface area (TPSA) is 40.1 Å². The van der Waals surface area contributed by atoms with Crippen molar-refractivity contribution < 1.29 is 9.13 Å². The van der Waals surface area contributed by atoms with E-state index in [0.29, 0.717) is 0 Å². The Morgan fingerprint density at radius 1 is 1.12 bits per heavy atom. The van der Waals surface area contributed by atoms with Crippen LogP contribution in [0.25, 0.3) is 0 Å². The van der Waals surface area contributed by atoms with Crippen molar-refractivity contribution in [3.63, 3.8) is 0 Å². The Hall–Kier alpha value is -1.82. The average molecular weight is 336 g/mol. The predicted molar refractivity (Wildman–Crippen MR) is 97.3 cm³/mol. The first kappa shape index (κ1) is 18.5. The van der Waals surface area contributed by atoms with Gasteiger partial charge in [0.2, 0.25) is 0 Å². The van der Waals surface area contributed by atoms with E-state index < -0.39 is 0 Å². The summed E-state index contributed by atoms with van der Waals surface area (Å²) < 4.78 is 18.1. The maximum atomic E-state index is 13.0. The second-order valence-corrected chi connectivity index (χ2v) is 5.98. The summed E-state index contributed by atoms with van der Waals surface area (Å²) >= 11 is 0. The van der Waals surface area contributed by atoms with E-state index in [2.05, 4.69) is 20.1 Å². The minimum atomic E-state index is -0.188. The Bertz CT molecular complexity index is 498. The van der Waals surface area contributed by atoms with Gasteiger partial charge in [-0.25, -0.2) is 4.39 Å². The summed E-state index contributed by atoms with van der Waals surface area (Å²) in [6.07, 6.45) is 3.39. The van der Waals surface area contributed by atoms with Crippen LogP contribution in [0.5, 0.6) is 0 Å². The number of piperazine rings is 1. The Balaban J connectivity index is 1.72. The molecular weight excluding hydrogens is 307 g/mol. The summed E-state index contributed by atoms with van der Waals surface area (Å²) in [5.74, 6) is 0.785. The summed E-state index contributed by atoms with van der Waals surface area (Å²) in [5, 5.41) is 3.45. The largest absolute Gasteiger partial charge is 0.385 e. The van der Waals surface area contributed by atoms with Gasteiger partial charge in [-0.05, 0) is 43.5 Å². The van der Waals surface area contributed by atoms with Crippen LogP contribution in [0.4, 0.5) is 10.1 Å². The average Bonchev–Trinajstić information content (AvgIpc) is 2.62. The number of benzene rings is 1. The van der Waals surface area contributed by atoms with E-state index in [0.717, 1.165) is 70.2 Å². The number of halogens is 1. The van der Waals surface area contributed by atoms with Gasteiger partial charge in [-0.2, -0.15) is 0 Å². The van der Waals surface area contributed by atoms with E-state index in [1.54, 1.807) is 7.11 Å². The van der Waals surface area contributed by atoms with Crippen molar-refractivity contribution in [1.29, 1.82) is 0 Å².